The van der Waals surface area contributed by atoms with E-state index in [1.165, 1.54) is 12.1 Å². The second-order valence-corrected chi connectivity index (χ2v) is 6.65. The minimum Gasteiger partial charge on any atom is -0.399 e. The number of anilines is 2. The van der Waals surface area contributed by atoms with Gasteiger partial charge in [0.25, 0.3) is 0 Å². The van der Waals surface area contributed by atoms with Crippen LogP contribution in [0.5, 0.6) is 0 Å². The van der Waals surface area contributed by atoms with Crippen LogP contribution in [0, 0.1) is 0 Å². The molecule has 90 valence electrons. The molecule has 1 fully saturated rings. The third kappa shape index (κ3) is 2.22. The maximum atomic E-state index is 5.71. The Kier molecular flexibility index (Phi) is 2.89. The number of nitrogens with two attached hydrogens (primary N) is 1. The first kappa shape index (κ1) is 10.8. The highest BCUT2D eigenvalue weighted by Crippen LogP contribution is 2.32. The van der Waals surface area contributed by atoms with Gasteiger partial charge in [-0.3, -0.25) is 4.99 Å². The summed E-state index contributed by atoms with van der Waals surface area (Å²) in [7, 11) is 0.385. The summed E-state index contributed by atoms with van der Waals surface area (Å²) in [6.45, 7) is 2.32. The zero-order chi connectivity index (χ0) is 11.7. The van der Waals surface area contributed by atoms with Crippen molar-refractivity contribution in [1.29, 1.82) is 0 Å². The summed E-state index contributed by atoms with van der Waals surface area (Å²) in [6, 6.07) is 8.21. The van der Waals surface area contributed by atoms with E-state index in [9.17, 15) is 0 Å². The zero-order valence-corrected chi connectivity index (χ0v) is 10.6. The molecule has 0 aliphatic carbocycles. The molecule has 1 aromatic carbocycles. The van der Waals surface area contributed by atoms with Gasteiger partial charge in [-0.1, -0.05) is 0 Å². The summed E-state index contributed by atoms with van der Waals surface area (Å²) in [6.07, 6.45) is 3.27. The molecule has 2 N–H and O–H groups in total. The summed E-state index contributed by atoms with van der Waals surface area (Å²) in [5.41, 5.74) is 7.85. The van der Waals surface area contributed by atoms with Crippen LogP contribution in [0.1, 0.15) is 6.42 Å². The standard InChI is InChI=1S/C13H17N3S/c14-11-1-3-12(4-2-11)16-7-5-13(9-16)17-8-6-15-10-17/h1-4,6,8,13H,5,7,9-10,14H2. The number of nitrogen functional groups attached to an aromatic ring is 1. The fourth-order valence-corrected chi connectivity index (χ4v) is 4.20. The summed E-state index contributed by atoms with van der Waals surface area (Å²) in [5.74, 6) is 1.01. The Morgan fingerprint density at radius 2 is 2.12 bits per heavy atom. The van der Waals surface area contributed by atoms with Gasteiger partial charge >= 0.3 is 0 Å². The fraction of sp³-hybridized carbons (Fsp3) is 0.385. The normalized spacial score (nSPS) is 27.4. The van der Waals surface area contributed by atoms with E-state index in [2.05, 4.69) is 27.4 Å². The highest BCUT2D eigenvalue weighted by atomic mass is 32.2. The van der Waals surface area contributed by atoms with Gasteiger partial charge in [0, 0.05) is 35.9 Å². The van der Waals surface area contributed by atoms with Crippen LogP contribution in [0.4, 0.5) is 11.4 Å². The van der Waals surface area contributed by atoms with Gasteiger partial charge < -0.3 is 10.6 Å². The molecule has 1 saturated heterocycles. The van der Waals surface area contributed by atoms with Crippen molar-refractivity contribution in [3.05, 3.63) is 24.3 Å². The number of nitrogens with zero attached hydrogens (tertiary/aromatic N) is 2. The van der Waals surface area contributed by atoms with Crippen LogP contribution in [-0.4, -0.2) is 35.8 Å². The molecule has 2 heterocycles. The number of benzene rings is 1. The molecule has 2 atom stereocenters. The average Bonchev–Trinajstić information content (AvgIpc) is 3.00. The third-order valence-electron chi connectivity index (χ3n) is 3.40. The molecule has 0 saturated carbocycles. The van der Waals surface area contributed by atoms with Crippen molar-refractivity contribution in [2.45, 2.75) is 11.7 Å². The predicted molar refractivity (Wildman–Crippen MR) is 78.5 cm³/mol. The fourth-order valence-electron chi connectivity index (χ4n) is 2.40. The van der Waals surface area contributed by atoms with E-state index in [-0.39, 0.29) is 0 Å². The Morgan fingerprint density at radius 1 is 1.29 bits per heavy atom. The van der Waals surface area contributed by atoms with Gasteiger partial charge in [-0.05, 0) is 36.1 Å². The van der Waals surface area contributed by atoms with E-state index in [1.54, 1.807) is 0 Å². The van der Waals surface area contributed by atoms with Crippen LogP contribution in [0.2, 0.25) is 0 Å². The van der Waals surface area contributed by atoms with Crippen molar-refractivity contribution in [3.8, 4) is 0 Å². The van der Waals surface area contributed by atoms with E-state index in [0.29, 0.717) is 10.5 Å². The van der Waals surface area contributed by atoms with E-state index >= 15 is 0 Å². The maximum absolute atomic E-state index is 5.71. The van der Waals surface area contributed by atoms with Crippen molar-refractivity contribution < 1.29 is 0 Å². The first-order valence-electron chi connectivity index (χ1n) is 5.95. The lowest BCUT2D eigenvalue weighted by molar-refractivity contribution is 0.964. The number of hydrogen-bond acceptors (Lipinski definition) is 3. The molecule has 3 nitrogen and oxygen atoms in total. The quantitative estimate of drug-likeness (QED) is 0.641. The summed E-state index contributed by atoms with van der Waals surface area (Å²) >= 11 is 0. The molecular weight excluding hydrogens is 230 g/mol. The van der Waals surface area contributed by atoms with Gasteiger partial charge in [0.05, 0.1) is 5.88 Å². The average molecular weight is 247 g/mol. The first-order valence-corrected chi connectivity index (χ1v) is 7.47. The van der Waals surface area contributed by atoms with Crippen LogP contribution in [0.3, 0.4) is 0 Å². The molecule has 17 heavy (non-hydrogen) atoms. The minimum absolute atomic E-state index is 0.385. The molecule has 4 heteroatoms. The Morgan fingerprint density at radius 3 is 2.82 bits per heavy atom. The zero-order valence-electron chi connectivity index (χ0n) is 9.75. The smallest absolute Gasteiger partial charge is 0.0800 e. The summed E-state index contributed by atoms with van der Waals surface area (Å²) in [5, 5.41) is 3.08. The lowest BCUT2D eigenvalue weighted by Gasteiger charge is -2.19. The van der Waals surface area contributed by atoms with Gasteiger partial charge in [-0.15, -0.1) is 0 Å². The van der Waals surface area contributed by atoms with Gasteiger partial charge in [-0.25, -0.2) is 0 Å². The summed E-state index contributed by atoms with van der Waals surface area (Å²) in [4.78, 5) is 6.78. The van der Waals surface area contributed by atoms with Crippen molar-refractivity contribution in [3.63, 3.8) is 0 Å². The van der Waals surface area contributed by atoms with Gasteiger partial charge in [0.2, 0.25) is 0 Å². The highest BCUT2D eigenvalue weighted by molar-refractivity contribution is 8.16. The van der Waals surface area contributed by atoms with Crippen LogP contribution in [0.25, 0.3) is 0 Å². The molecule has 2 unspecified atom stereocenters. The second kappa shape index (κ2) is 4.53. The van der Waals surface area contributed by atoms with Crippen LogP contribution in [-0.2, 0) is 0 Å². The Bertz CT molecular complexity index is 464. The van der Waals surface area contributed by atoms with Gasteiger partial charge in [0.1, 0.15) is 0 Å². The molecule has 0 radical (unpaired) electrons. The first-order chi connectivity index (χ1) is 8.33. The SMILES string of the molecule is Nc1ccc(N2CCC(S3=CC=NC3)C2)cc1. The van der Waals surface area contributed by atoms with E-state index in [4.69, 9.17) is 5.73 Å². The second-order valence-electron chi connectivity index (χ2n) is 4.51. The Hall–Kier alpha value is -1.29. The molecule has 0 spiro atoms. The maximum Gasteiger partial charge on any atom is 0.0800 e. The summed E-state index contributed by atoms with van der Waals surface area (Å²) < 4.78 is 0. The number of rotatable bonds is 2. The third-order valence-corrected chi connectivity index (χ3v) is 5.56. The topological polar surface area (TPSA) is 41.6 Å². The minimum atomic E-state index is 0.385. The van der Waals surface area contributed by atoms with Crippen molar-refractivity contribution in [1.82, 2.24) is 0 Å². The Balaban J connectivity index is 1.69. The van der Waals surface area contributed by atoms with Crippen LogP contribution < -0.4 is 10.6 Å². The number of hydrogen-bond donors (Lipinski definition) is 1. The van der Waals surface area contributed by atoms with Crippen molar-refractivity contribution in [2.24, 2.45) is 4.99 Å². The largest absolute Gasteiger partial charge is 0.399 e. The van der Waals surface area contributed by atoms with Gasteiger partial charge in [0.15, 0.2) is 0 Å². The van der Waals surface area contributed by atoms with Crippen molar-refractivity contribution in [2.75, 3.05) is 29.6 Å². The van der Waals surface area contributed by atoms with Gasteiger partial charge in [-0.2, -0.15) is 10.5 Å². The van der Waals surface area contributed by atoms with Crippen molar-refractivity contribution >= 4 is 33.4 Å². The lowest BCUT2D eigenvalue weighted by atomic mass is 10.2. The van der Waals surface area contributed by atoms with E-state index < -0.39 is 0 Å². The van der Waals surface area contributed by atoms with Crippen LogP contribution in [0.15, 0.2) is 29.3 Å². The molecule has 0 amide bonds. The Labute approximate surface area is 104 Å². The molecule has 2 aliphatic heterocycles. The molecule has 0 bridgehead atoms. The highest BCUT2D eigenvalue weighted by Gasteiger charge is 2.25. The molecular formula is C13H17N3S. The molecule has 1 aromatic rings. The molecule has 0 aromatic heterocycles. The predicted octanol–water partition coefficient (Wildman–Crippen LogP) is 1.96. The lowest BCUT2D eigenvalue weighted by Crippen LogP contribution is -2.20. The molecule has 2 aliphatic rings. The van der Waals surface area contributed by atoms with E-state index in [0.717, 1.165) is 29.9 Å². The van der Waals surface area contributed by atoms with E-state index in [1.807, 2.05) is 18.3 Å². The monoisotopic (exact) mass is 247 g/mol. The van der Waals surface area contributed by atoms with Crippen LogP contribution >= 0.6 is 10.5 Å². The number of aliphatic imine (C=N–C) groups is 1. The molecule has 3 rings (SSSR count).